The molecule has 0 spiro atoms. The predicted octanol–water partition coefficient (Wildman–Crippen LogP) is 1.63. The summed E-state index contributed by atoms with van der Waals surface area (Å²) in [5.74, 6) is -0.562. The van der Waals surface area contributed by atoms with Crippen molar-refractivity contribution >= 4 is 17.6 Å². The lowest BCUT2D eigenvalue weighted by Crippen LogP contribution is -2.52. The largest absolute Gasteiger partial charge is 0.351 e. The summed E-state index contributed by atoms with van der Waals surface area (Å²) in [6.45, 7) is 0. The Morgan fingerprint density at radius 1 is 1.32 bits per heavy atom. The van der Waals surface area contributed by atoms with Crippen LogP contribution in [0.25, 0.3) is 11.1 Å². The number of benzene rings is 1. The SMILES string of the molecule is N=C1C(N)Cc2cc(-c3ccc(F)nc3)ccc2N1C(N)=O. The molecule has 1 aromatic carbocycles. The molecule has 1 aromatic heterocycles. The number of nitrogens with one attached hydrogen (secondary N) is 1. The van der Waals surface area contributed by atoms with Gasteiger partial charge in [0.25, 0.3) is 0 Å². The zero-order chi connectivity index (χ0) is 15.9. The summed E-state index contributed by atoms with van der Waals surface area (Å²) in [5.41, 5.74) is 14.2. The Hall–Kier alpha value is -2.80. The number of hydrogen-bond donors (Lipinski definition) is 3. The number of nitrogens with two attached hydrogens (primary N) is 2. The number of amides is 2. The number of amidine groups is 1. The number of primary amides is 1. The molecule has 0 aliphatic carbocycles. The quantitative estimate of drug-likeness (QED) is 0.696. The Morgan fingerprint density at radius 2 is 2.05 bits per heavy atom. The minimum atomic E-state index is -0.738. The first-order chi connectivity index (χ1) is 10.5. The van der Waals surface area contributed by atoms with Crippen LogP contribution >= 0.6 is 0 Å². The van der Waals surface area contributed by atoms with E-state index >= 15 is 0 Å². The number of aromatic nitrogens is 1. The number of pyridine rings is 1. The Bertz CT molecular complexity index is 759. The third-order valence-corrected chi connectivity index (χ3v) is 3.63. The minimum Gasteiger partial charge on any atom is -0.351 e. The van der Waals surface area contributed by atoms with Gasteiger partial charge in [-0.3, -0.25) is 5.41 Å². The summed E-state index contributed by atoms with van der Waals surface area (Å²) in [7, 11) is 0. The van der Waals surface area contributed by atoms with E-state index in [1.54, 1.807) is 18.2 Å². The highest BCUT2D eigenvalue weighted by Crippen LogP contribution is 2.31. The Morgan fingerprint density at radius 3 is 2.68 bits per heavy atom. The van der Waals surface area contributed by atoms with Crippen molar-refractivity contribution in [3.63, 3.8) is 0 Å². The molecule has 0 bridgehead atoms. The summed E-state index contributed by atoms with van der Waals surface area (Å²) in [5, 5.41) is 7.90. The van der Waals surface area contributed by atoms with Crippen molar-refractivity contribution in [1.29, 1.82) is 5.41 Å². The second-order valence-corrected chi connectivity index (χ2v) is 5.08. The van der Waals surface area contributed by atoms with Crippen LogP contribution in [0.5, 0.6) is 0 Å². The van der Waals surface area contributed by atoms with E-state index in [9.17, 15) is 9.18 Å². The summed E-state index contributed by atoms with van der Waals surface area (Å²) in [6, 6.07) is 6.91. The summed E-state index contributed by atoms with van der Waals surface area (Å²) >= 11 is 0. The van der Waals surface area contributed by atoms with Gasteiger partial charge in [-0.2, -0.15) is 4.39 Å². The minimum absolute atomic E-state index is 0.0174. The molecular weight excluding hydrogens is 285 g/mol. The van der Waals surface area contributed by atoms with Crippen LogP contribution in [0, 0.1) is 11.4 Å². The van der Waals surface area contributed by atoms with Crippen LogP contribution < -0.4 is 16.4 Å². The lowest BCUT2D eigenvalue weighted by molar-refractivity contribution is 0.256. The standard InChI is InChI=1S/C15H14FN5O/c16-13-4-2-9(7-20-13)8-1-3-12-10(5-8)6-11(17)14(18)21(12)15(19)22/h1-5,7,11,18H,6,17H2,(H2,19,22). The van der Waals surface area contributed by atoms with E-state index in [1.165, 1.54) is 12.3 Å². The maximum atomic E-state index is 12.9. The summed E-state index contributed by atoms with van der Waals surface area (Å²) in [4.78, 5) is 16.3. The first kappa shape index (κ1) is 14.2. The van der Waals surface area contributed by atoms with Crippen molar-refractivity contribution in [3.8, 4) is 11.1 Å². The molecule has 5 N–H and O–H groups in total. The number of hydrogen-bond acceptors (Lipinski definition) is 4. The molecule has 2 heterocycles. The Balaban J connectivity index is 2.07. The van der Waals surface area contributed by atoms with Gasteiger partial charge in [0.05, 0.1) is 11.7 Å². The molecule has 1 unspecified atom stereocenters. The van der Waals surface area contributed by atoms with Crippen molar-refractivity contribution in [2.75, 3.05) is 4.90 Å². The number of rotatable bonds is 1. The maximum Gasteiger partial charge on any atom is 0.324 e. The van der Waals surface area contributed by atoms with Crippen molar-refractivity contribution in [2.45, 2.75) is 12.5 Å². The molecule has 2 amide bonds. The van der Waals surface area contributed by atoms with Crippen molar-refractivity contribution < 1.29 is 9.18 Å². The van der Waals surface area contributed by atoms with E-state index in [0.717, 1.165) is 21.6 Å². The Kier molecular flexibility index (Phi) is 3.34. The number of carbonyl (C=O) groups is 1. The van der Waals surface area contributed by atoms with Gasteiger partial charge in [0.15, 0.2) is 0 Å². The lowest BCUT2D eigenvalue weighted by Gasteiger charge is -2.32. The van der Waals surface area contributed by atoms with Gasteiger partial charge in [-0.25, -0.2) is 14.7 Å². The highest BCUT2D eigenvalue weighted by atomic mass is 19.1. The average molecular weight is 299 g/mol. The highest BCUT2D eigenvalue weighted by molar-refractivity contribution is 6.18. The molecule has 6 nitrogen and oxygen atoms in total. The van der Waals surface area contributed by atoms with Gasteiger partial charge in [0, 0.05) is 11.8 Å². The number of fused-ring (bicyclic) bond motifs is 1. The second-order valence-electron chi connectivity index (χ2n) is 5.08. The fourth-order valence-electron chi connectivity index (χ4n) is 2.56. The molecule has 1 aliphatic rings. The van der Waals surface area contributed by atoms with Gasteiger partial charge in [0.1, 0.15) is 5.84 Å². The van der Waals surface area contributed by atoms with Crippen LogP contribution in [0.15, 0.2) is 36.5 Å². The zero-order valence-corrected chi connectivity index (χ0v) is 11.6. The van der Waals surface area contributed by atoms with Crippen LogP contribution in [0.4, 0.5) is 14.9 Å². The number of carbonyl (C=O) groups excluding carboxylic acids is 1. The molecule has 22 heavy (non-hydrogen) atoms. The molecular formula is C15H14FN5O. The number of anilines is 1. The number of nitrogens with zero attached hydrogens (tertiary/aromatic N) is 2. The number of urea groups is 1. The smallest absolute Gasteiger partial charge is 0.324 e. The molecule has 0 saturated heterocycles. The second kappa shape index (κ2) is 5.19. The maximum absolute atomic E-state index is 12.9. The topological polar surface area (TPSA) is 109 Å². The molecule has 7 heteroatoms. The van der Waals surface area contributed by atoms with Gasteiger partial charge in [-0.15, -0.1) is 0 Å². The number of halogens is 1. The van der Waals surface area contributed by atoms with Gasteiger partial charge in [-0.05, 0) is 41.8 Å². The van der Waals surface area contributed by atoms with Crippen molar-refractivity contribution in [1.82, 2.24) is 4.98 Å². The molecule has 0 saturated carbocycles. The highest BCUT2D eigenvalue weighted by Gasteiger charge is 2.30. The first-order valence-corrected chi connectivity index (χ1v) is 6.66. The molecule has 3 rings (SSSR count). The van der Waals surface area contributed by atoms with E-state index in [-0.39, 0.29) is 5.84 Å². The van der Waals surface area contributed by atoms with Crippen molar-refractivity contribution in [2.24, 2.45) is 11.5 Å². The predicted molar refractivity (Wildman–Crippen MR) is 81.1 cm³/mol. The normalized spacial score (nSPS) is 17.3. The van der Waals surface area contributed by atoms with E-state index in [0.29, 0.717) is 12.1 Å². The third-order valence-electron chi connectivity index (χ3n) is 3.63. The molecule has 1 atom stereocenters. The first-order valence-electron chi connectivity index (χ1n) is 6.66. The monoisotopic (exact) mass is 299 g/mol. The van der Waals surface area contributed by atoms with Crippen LogP contribution in [-0.2, 0) is 6.42 Å². The van der Waals surface area contributed by atoms with Gasteiger partial charge in [-0.1, -0.05) is 6.07 Å². The Labute approximate surface area is 126 Å². The van der Waals surface area contributed by atoms with E-state index in [2.05, 4.69) is 4.98 Å². The molecule has 1 aliphatic heterocycles. The molecule has 0 radical (unpaired) electrons. The van der Waals surface area contributed by atoms with Crippen LogP contribution in [0.1, 0.15) is 5.56 Å². The van der Waals surface area contributed by atoms with Gasteiger partial charge in [0.2, 0.25) is 5.95 Å². The van der Waals surface area contributed by atoms with Crippen LogP contribution in [-0.4, -0.2) is 22.9 Å². The summed E-state index contributed by atoms with van der Waals surface area (Å²) in [6.07, 6.45) is 1.87. The average Bonchev–Trinajstić information content (AvgIpc) is 2.48. The molecule has 2 aromatic rings. The van der Waals surface area contributed by atoms with Gasteiger partial charge >= 0.3 is 6.03 Å². The fourth-order valence-corrected chi connectivity index (χ4v) is 2.56. The third kappa shape index (κ3) is 2.31. The van der Waals surface area contributed by atoms with Crippen LogP contribution in [0.2, 0.25) is 0 Å². The summed E-state index contributed by atoms with van der Waals surface area (Å²) < 4.78 is 12.9. The van der Waals surface area contributed by atoms with Crippen LogP contribution in [0.3, 0.4) is 0 Å². The molecule has 112 valence electrons. The van der Waals surface area contributed by atoms with E-state index in [1.807, 2.05) is 6.07 Å². The fraction of sp³-hybridized carbons (Fsp3) is 0.133. The van der Waals surface area contributed by atoms with Gasteiger partial charge < -0.3 is 11.5 Å². The molecule has 0 fully saturated rings. The van der Waals surface area contributed by atoms with E-state index < -0.39 is 18.0 Å². The van der Waals surface area contributed by atoms with Crippen molar-refractivity contribution in [3.05, 3.63) is 48.0 Å². The van der Waals surface area contributed by atoms with E-state index in [4.69, 9.17) is 16.9 Å². The zero-order valence-electron chi connectivity index (χ0n) is 11.6. The lowest BCUT2D eigenvalue weighted by atomic mass is 9.94.